The van der Waals surface area contributed by atoms with Gasteiger partial charge in [0.15, 0.2) is 5.78 Å². The third kappa shape index (κ3) is 8.68. The van der Waals surface area contributed by atoms with Gasteiger partial charge in [0.25, 0.3) is 0 Å². The van der Waals surface area contributed by atoms with Crippen molar-refractivity contribution in [3.05, 3.63) is 77.9 Å². The first-order valence-electron chi connectivity index (χ1n) is 14.1. The molecule has 2 aromatic rings. The quantitative estimate of drug-likeness (QED) is 0.0792. The number of rotatable bonds is 13. The Kier molecular flexibility index (Phi) is 11.9. The Morgan fingerprint density at radius 1 is 0.786 bits per heavy atom. The van der Waals surface area contributed by atoms with Crippen LogP contribution in [0.2, 0.25) is 0 Å². The Hall–Kier alpha value is -4.13. The van der Waals surface area contributed by atoms with Crippen LogP contribution in [0, 0.1) is 10.8 Å². The lowest BCUT2D eigenvalue weighted by Gasteiger charge is -2.25. The maximum Gasteiger partial charge on any atom is 0.316 e. The van der Waals surface area contributed by atoms with Gasteiger partial charge in [0.2, 0.25) is 0 Å². The maximum atomic E-state index is 13.2. The summed E-state index contributed by atoms with van der Waals surface area (Å²) in [5.41, 5.74) is 0.793. The predicted octanol–water partition coefficient (Wildman–Crippen LogP) is 7.74. The predicted molar refractivity (Wildman–Crippen MR) is 167 cm³/mol. The van der Waals surface area contributed by atoms with E-state index in [0.29, 0.717) is 64.7 Å². The highest BCUT2D eigenvalue weighted by atomic mass is 16.5. The van der Waals surface area contributed by atoms with Crippen LogP contribution in [0.15, 0.2) is 55.7 Å². The molecule has 0 N–H and O–H groups in total. The van der Waals surface area contributed by atoms with E-state index in [-0.39, 0.29) is 11.8 Å². The summed E-state index contributed by atoms with van der Waals surface area (Å²) in [6, 6.07) is 6.38. The molecular weight excluding hydrogens is 532 g/mol. The molecule has 0 aliphatic heterocycles. The van der Waals surface area contributed by atoms with Gasteiger partial charge in [0.1, 0.15) is 23.0 Å². The number of benzene rings is 2. The summed E-state index contributed by atoms with van der Waals surface area (Å²) in [4.78, 5) is 38.4. The number of carbonyl (C=O) groups excluding carboxylic acids is 3. The van der Waals surface area contributed by atoms with Gasteiger partial charge in [0, 0.05) is 16.7 Å². The molecule has 7 heteroatoms. The highest BCUT2D eigenvalue weighted by Gasteiger charge is 2.30. The van der Waals surface area contributed by atoms with Crippen LogP contribution in [-0.2, 0) is 22.4 Å². The molecule has 42 heavy (non-hydrogen) atoms. The molecule has 226 valence electrons. The van der Waals surface area contributed by atoms with Gasteiger partial charge >= 0.3 is 11.9 Å². The number of esters is 2. The molecule has 2 rings (SSSR count). The molecule has 0 fully saturated rings. The van der Waals surface area contributed by atoms with Crippen molar-refractivity contribution in [3.63, 3.8) is 0 Å². The minimum absolute atomic E-state index is 0.272. The average molecular weight is 577 g/mol. The smallest absolute Gasteiger partial charge is 0.316 e. The minimum atomic E-state index is -0.750. The molecule has 7 nitrogen and oxygen atoms in total. The van der Waals surface area contributed by atoms with Crippen LogP contribution in [0.25, 0.3) is 6.08 Å². The van der Waals surface area contributed by atoms with Crippen LogP contribution in [0.4, 0.5) is 0 Å². The number of hydrogen-bond acceptors (Lipinski definition) is 7. The number of carbonyl (C=O) groups is 3. The number of ether oxygens (including phenoxy) is 4. The van der Waals surface area contributed by atoms with Gasteiger partial charge in [0.05, 0.1) is 30.1 Å². The normalized spacial score (nSPS) is 11.6. The van der Waals surface area contributed by atoms with Crippen LogP contribution in [-0.4, -0.2) is 31.4 Å². The highest BCUT2D eigenvalue weighted by molar-refractivity contribution is 6.07. The summed E-state index contributed by atoms with van der Waals surface area (Å²) >= 11 is 0. The van der Waals surface area contributed by atoms with Gasteiger partial charge < -0.3 is 18.9 Å². The standard InChI is InChI=1S/C35H44O7/c1-11-14-25-29(39-10)27(20-21-28(36)23-16-18-24(19-17-23)41-32(37)34(4,5)6)30(40-22-13-3)26(15-12-2)31(25)42-33(38)35(7,8)9/h11-12,16-21H,1-2,13-15,22H2,3-10H3. The lowest BCUT2D eigenvalue weighted by Crippen LogP contribution is -2.26. The van der Waals surface area contributed by atoms with Crippen molar-refractivity contribution in [1.29, 1.82) is 0 Å². The molecule has 0 unspecified atom stereocenters. The monoisotopic (exact) mass is 576 g/mol. The van der Waals surface area contributed by atoms with E-state index in [0.717, 1.165) is 6.42 Å². The molecule has 0 atom stereocenters. The van der Waals surface area contributed by atoms with Crippen molar-refractivity contribution >= 4 is 23.8 Å². The molecule has 0 heterocycles. The van der Waals surface area contributed by atoms with E-state index < -0.39 is 16.8 Å². The van der Waals surface area contributed by atoms with Gasteiger partial charge in [-0.05, 0) is 97.2 Å². The van der Waals surface area contributed by atoms with E-state index in [1.165, 1.54) is 13.2 Å². The fourth-order valence-electron chi connectivity index (χ4n) is 3.80. The zero-order chi connectivity index (χ0) is 31.7. The van der Waals surface area contributed by atoms with Crippen LogP contribution in [0.3, 0.4) is 0 Å². The van der Waals surface area contributed by atoms with Crippen molar-refractivity contribution in [1.82, 2.24) is 0 Å². The summed E-state index contributed by atoms with van der Waals surface area (Å²) in [6.45, 7) is 20.8. The Morgan fingerprint density at radius 3 is 1.79 bits per heavy atom. The Labute approximate surface area is 250 Å². The van der Waals surface area contributed by atoms with E-state index in [9.17, 15) is 14.4 Å². The molecule has 0 bridgehead atoms. The van der Waals surface area contributed by atoms with Crippen molar-refractivity contribution < 1.29 is 33.3 Å². The second-order valence-electron chi connectivity index (χ2n) is 11.9. The first-order chi connectivity index (χ1) is 19.7. The average Bonchev–Trinajstić information content (AvgIpc) is 2.92. The van der Waals surface area contributed by atoms with Gasteiger partial charge in [-0.15, -0.1) is 13.2 Å². The molecule has 0 saturated carbocycles. The second-order valence-corrected chi connectivity index (χ2v) is 11.9. The molecule has 0 amide bonds. The zero-order valence-electron chi connectivity index (χ0n) is 26.2. The van der Waals surface area contributed by atoms with Crippen molar-refractivity contribution in [2.75, 3.05) is 13.7 Å². The molecule has 0 radical (unpaired) electrons. The maximum absolute atomic E-state index is 13.2. The van der Waals surface area contributed by atoms with Crippen LogP contribution >= 0.6 is 0 Å². The largest absolute Gasteiger partial charge is 0.496 e. The first kappa shape index (κ1) is 34.1. The zero-order valence-corrected chi connectivity index (χ0v) is 26.2. The van der Waals surface area contributed by atoms with E-state index >= 15 is 0 Å². The van der Waals surface area contributed by atoms with Gasteiger partial charge in [-0.25, -0.2) is 0 Å². The Bertz CT molecular complexity index is 1330. The highest BCUT2D eigenvalue weighted by Crippen LogP contribution is 2.46. The number of ketones is 1. The molecule has 0 spiro atoms. The molecule has 0 aromatic heterocycles. The second kappa shape index (κ2) is 14.7. The summed E-state index contributed by atoms with van der Waals surface area (Å²) < 4.78 is 23.5. The Morgan fingerprint density at radius 2 is 1.31 bits per heavy atom. The lowest BCUT2D eigenvalue weighted by atomic mass is 9.94. The summed E-state index contributed by atoms with van der Waals surface area (Å²) in [6.07, 6.45) is 7.91. The number of allylic oxidation sites excluding steroid dienone is 3. The van der Waals surface area contributed by atoms with E-state index in [1.54, 1.807) is 84.0 Å². The van der Waals surface area contributed by atoms with Crippen LogP contribution in [0.5, 0.6) is 23.0 Å². The molecular formula is C35H44O7. The number of hydrogen-bond donors (Lipinski definition) is 0. The van der Waals surface area contributed by atoms with Crippen molar-refractivity contribution in [3.8, 4) is 23.0 Å². The summed E-state index contributed by atoms with van der Waals surface area (Å²) in [7, 11) is 1.52. The van der Waals surface area contributed by atoms with E-state index in [4.69, 9.17) is 18.9 Å². The fourth-order valence-corrected chi connectivity index (χ4v) is 3.80. The topological polar surface area (TPSA) is 88.1 Å². The van der Waals surface area contributed by atoms with Gasteiger partial charge in [-0.3, -0.25) is 14.4 Å². The minimum Gasteiger partial charge on any atom is -0.496 e. The molecule has 0 aliphatic carbocycles. The Balaban J connectivity index is 2.66. The number of methoxy groups -OCH3 is 1. The summed E-state index contributed by atoms with van der Waals surface area (Å²) in [5, 5.41) is 0. The van der Waals surface area contributed by atoms with Crippen LogP contribution in [0.1, 0.15) is 81.9 Å². The molecule has 0 saturated heterocycles. The lowest BCUT2D eigenvalue weighted by molar-refractivity contribution is -0.143. The van der Waals surface area contributed by atoms with Gasteiger partial charge in [-0.1, -0.05) is 19.1 Å². The van der Waals surface area contributed by atoms with E-state index in [1.807, 2.05) is 6.92 Å². The van der Waals surface area contributed by atoms with Crippen LogP contribution < -0.4 is 18.9 Å². The third-order valence-electron chi connectivity index (χ3n) is 6.11. The van der Waals surface area contributed by atoms with Crippen molar-refractivity contribution in [2.45, 2.75) is 67.7 Å². The fraction of sp³-hybridized carbons (Fsp3) is 0.400. The SMILES string of the molecule is C=CCc1c(OC)c(C=CC(=O)c2ccc(OC(=O)C(C)(C)C)cc2)c(OCCC)c(CC=C)c1OC(=O)C(C)(C)C. The molecule has 2 aromatic carbocycles. The molecule has 0 aliphatic rings. The summed E-state index contributed by atoms with van der Waals surface area (Å²) in [5.74, 6) is 0.529. The third-order valence-corrected chi connectivity index (χ3v) is 6.11. The van der Waals surface area contributed by atoms with Crippen molar-refractivity contribution in [2.24, 2.45) is 10.8 Å². The van der Waals surface area contributed by atoms with Gasteiger partial charge in [-0.2, -0.15) is 0 Å². The first-order valence-corrected chi connectivity index (χ1v) is 14.1. The van der Waals surface area contributed by atoms with E-state index in [2.05, 4.69) is 13.2 Å².